The molecule has 0 spiro atoms. The third-order valence-electron chi connectivity index (χ3n) is 3.80. The van der Waals surface area contributed by atoms with E-state index in [4.69, 9.17) is 9.37 Å². The maximum Gasteiger partial charge on any atom is 0.245 e. The monoisotopic (exact) mass is 327 g/mol. The summed E-state index contributed by atoms with van der Waals surface area (Å²) in [4.78, 5) is 15.2. The Morgan fingerprint density at radius 1 is 1.17 bits per heavy atom. The summed E-state index contributed by atoms with van der Waals surface area (Å²) >= 11 is 0. The number of nitrogens with one attached hydrogen (secondary N) is 1. The van der Waals surface area contributed by atoms with Crippen molar-refractivity contribution in [1.82, 2.24) is 25.3 Å². The molecule has 0 aliphatic carbocycles. The van der Waals surface area contributed by atoms with Crippen molar-refractivity contribution >= 4 is 22.9 Å². The lowest BCUT2D eigenvalue weighted by molar-refractivity contribution is 0.314. The molecule has 24 heavy (non-hydrogen) atoms. The van der Waals surface area contributed by atoms with Gasteiger partial charge in [0.2, 0.25) is 11.3 Å². The molecule has 3 aromatic heterocycles. The number of nitrogens with zero attached hydrogens (tertiary/aromatic N) is 6. The van der Waals surface area contributed by atoms with Gasteiger partial charge in [-0.05, 0) is 35.3 Å². The zero-order chi connectivity index (χ0) is 16.2. The van der Waals surface area contributed by atoms with Crippen LogP contribution in [0.3, 0.4) is 0 Å². The van der Waals surface area contributed by atoms with Crippen molar-refractivity contribution in [3.05, 3.63) is 24.5 Å². The third-order valence-corrected chi connectivity index (χ3v) is 3.80. The highest BCUT2D eigenvalue weighted by molar-refractivity contribution is 5.74. The van der Waals surface area contributed by atoms with E-state index in [1.807, 2.05) is 12.1 Å². The van der Waals surface area contributed by atoms with Crippen LogP contribution in [0.5, 0.6) is 5.75 Å². The molecule has 0 saturated carbocycles. The average Bonchev–Trinajstić information content (AvgIpc) is 3.30. The van der Waals surface area contributed by atoms with Crippen LogP contribution in [0.25, 0.3) is 11.3 Å². The third kappa shape index (κ3) is 3.05. The van der Waals surface area contributed by atoms with Crippen molar-refractivity contribution in [3.63, 3.8) is 0 Å². The summed E-state index contributed by atoms with van der Waals surface area (Å²) in [5.41, 5.74) is 0.822. The van der Waals surface area contributed by atoms with E-state index in [1.165, 1.54) is 0 Å². The molecule has 0 radical (unpaired) electrons. The first-order valence-corrected chi connectivity index (χ1v) is 7.92. The molecular formula is C15H17N7O2. The number of hydrogen-bond acceptors (Lipinski definition) is 9. The minimum absolute atomic E-state index is 0.397. The second kappa shape index (κ2) is 6.65. The van der Waals surface area contributed by atoms with Crippen LogP contribution in [0.15, 0.2) is 29.2 Å². The first kappa shape index (κ1) is 14.6. The number of anilines is 2. The minimum Gasteiger partial charge on any atom is -0.490 e. The molecule has 0 aromatic carbocycles. The molecule has 3 aromatic rings. The molecule has 1 saturated heterocycles. The van der Waals surface area contributed by atoms with Gasteiger partial charge in [0.25, 0.3) is 0 Å². The van der Waals surface area contributed by atoms with E-state index >= 15 is 0 Å². The van der Waals surface area contributed by atoms with Gasteiger partial charge in [0, 0.05) is 19.3 Å². The Morgan fingerprint density at radius 3 is 2.79 bits per heavy atom. The molecule has 1 fully saturated rings. The summed E-state index contributed by atoms with van der Waals surface area (Å²) in [6.07, 6.45) is 5.70. The Hall–Kier alpha value is -2.97. The van der Waals surface area contributed by atoms with Gasteiger partial charge >= 0.3 is 0 Å². The number of aromatic nitrogens is 5. The molecule has 0 unspecified atom stereocenters. The van der Waals surface area contributed by atoms with E-state index in [9.17, 15) is 0 Å². The van der Waals surface area contributed by atoms with Crippen LogP contribution < -0.4 is 15.0 Å². The number of pyridine rings is 1. The fourth-order valence-corrected chi connectivity index (χ4v) is 2.67. The first-order chi connectivity index (χ1) is 11.9. The number of hydrogen-bond donors (Lipinski definition) is 1. The Labute approximate surface area is 138 Å². The van der Waals surface area contributed by atoms with Gasteiger partial charge in [-0.2, -0.15) is 0 Å². The Kier molecular flexibility index (Phi) is 4.05. The van der Waals surface area contributed by atoms with Crippen molar-refractivity contribution in [2.75, 3.05) is 36.5 Å². The second-order valence-electron chi connectivity index (χ2n) is 5.47. The standard InChI is InChI=1S/C15H17N7O2/c1-2-8-22(7-1)15-14(18-12-13(19-15)21-24-20-12)17-6-9-23-11-4-3-5-16-10-11/h3-5,10H,1-2,6-9H2,(H,17,18,20). The van der Waals surface area contributed by atoms with Crippen LogP contribution in [-0.4, -0.2) is 51.5 Å². The lowest BCUT2D eigenvalue weighted by atomic mass is 10.4. The van der Waals surface area contributed by atoms with Gasteiger partial charge in [-0.25, -0.2) is 14.6 Å². The molecule has 0 amide bonds. The Bertz CT molecular complexity index is 802. The molecule has 1 N–H and O–H groups in total. The zero-order valence-corrected chi connectivity index (χ0v) is 13.1. The second-order valence-corrected chi connectivity index (χ2v) is 5.47. The fourth-order valence-electron chi connectivity index (χ4n) is 2.67. The van der Waals surface area contributed by atoms with Crippen molar-refractivity contribution in [1.29, 1.82) is 0 Å². The predicted octanol–water partition coefficient (Wildman–Crippen LogP) is 1.50. The number of ether oxygens (including phenoxy) is 1. The van der Waals surface area contributed by atoms with Crippen LogP contribution in [-0.2, 0) is 0 Å². The van der Waals surface area contributed by atoms with E-state index in [0.717, 1.165) is 37.5 Å². The van der Waals surface area contributed by atoms with E-state index in [1.54, 1.807) is 12.4 Å². The van der Waals surface area contributed by atoms with E-state index < -0.39 is 0 Å². The van der Waals surface area contributed by atoms with Crippen LogP contribution in [0.2, 0.25) is 0 Å². The quantitative estimate of drug-likeness (QED) is 0.675. The number of rotatable bonds is 6. The highest BCUT2D eigenvalue weighted by Crippen LogP contribution is 2.26. The van der Waals surface area contributed by atoms with Gasteiger partial charge in [0.15, 0.2) is 11.6 Å². The maximum atomic E-state index is 5.63. The van der Waals surface area contributed by atoms with E-state index in [2.05, 4.69) is 35.5 Å². The molecule has 4 heterocycles. The Morgan fingerprint density at radius 2 is 2.00 bits per heavy atom. The molecule has 1 aliphatic rings. The molecule has 9 heteroatoms. The van der Waals surface area contributed by atoms with Crippen LogP contribution >= 0.6 is 0 Å². The molecule has 124 valence electrons. The van der Waals surface area contributed by atoms with Crippen molar-refractivity contribution in [2.24, 2.45) is 0 Å². The van der Waals surface area contributed by atoms with Gasteiger partial charge in [-0.3, -0.25) is 4.98 Å². The van der Waals surface area contributed by atoms with Gasteiger partial charge in [0.05, 0.1) is 12.7 Å². The molecule has 0 atom stereocenters. The topological polar surface area (TPSA) is 102 Å². The zero-order valence-electron chi connectivity index (χ0n) is 13.1. The largest absolute Gasteiger partial charge is 0.490 e. The molecule has 0 bridgehead atoms. The lowest BCUT2D eigenvalue weighted by Crippen LogP contribution is -2.22. The van der Waals surface area contributed by atoms with Crippen molar-refractivity contribution in [3.8, 4) is 5.75 Å². The smallest absolute Gasteiger partial charge is 0.245 e. The predicted molar refractivity (Wildman–Crippen MR) is 87.1 cm³/mol. The summed E-state index contributed by atoms with van der Waals surface area (Å²) in [5, 5.41) is 10.8. The normalized spacial score (nSPS) is 14.2. The van der Waals surface area contributed by atoms with Gasteiger partial charge < -0.3 is 15.0 Å². The summed E-state index contributed by atoms with van der Waals surface area (Å²) in [6.45, 7) is 3.00. The lowest BCUT2D eigenvalue weighted by Gasteiger charge is -2.19. The molecule has 1 aliphatic heterocycles. The molecule has 4 rings (SSSR count). The molecule has 9 nitrogen and oxygen atoms in total. The van der Waals surface area contributed by atoms with E-state index in [0.29, 0.717) is 30.3 Å². The van der Waals surface area contributed by atoms with Crippen LogP contribution in [0, 0.1) is 0 Å². The first-order valence-electron chi connectivity index (χ1n) is 7.92. The van der Waals surface area contributed by atoms with Crippen molar-refractivity contribution < 1.29 is 9.37 Å². The summed E-state index contributed by atoms with van der Waals surface area (Å²) in [7, 11) is 0. The Balaban J connectivity index is 1.46. The van der Waals surface area contributed by atoms with Crippen LogP contribution in [0.1, 0.15) is 12.8 Å². The van der Waals surface area contributed by atoms with E-state index in [-0.39, 0.29) is 0 Å². The maximum absolute atomic E-state index is 5.63. The SMILES string of the molecule is c1cncc(OCCNc2nc3nonc3nc2N2CCCC2)c1. The summed E-state index contributed by atoms with van der Waals surface area (Å²) in [6, 6.07) is 3.71. The minimum atomic E-state index is 0.397. The van der Waals surface area contributed by atoms with Gasteiger partial charge in [-0.15, -0.1) is 0 Å². The average molecular weight is 327 g/mol. The highest BCUT2D eigenvalue weighted by atomic mass is 16.6. The van der Waals surface area contributed by atoms with Gasteiger partial charge in [-0.1, -0.05) is 0 Å². The summed E-state index contributed by atoms with van der Waals surface area (Å²) < 4.78 is 10.4. The fraction of sp³-hybridized carbons (Fsp3) is 0.400. The van der Waals surface area contributed by atoms with Crippen LogP contribution in [0.4, 0.5) is 11.6 Å². The molecular weight excluding hydrogens is 310 g/mol. The number of fused-ring (bicyclic) bond motifs is 1. The van der Waals surface area contributed by atoms with Gasteiger partial charge in [0.1, 0.15) is 12.4 Å². The summed E-state index contributed by atoms with van der Waals surface area (Å²) in [5.74, 6) is 2.20. The van der Waals surface area contributed by atoms with Crippen molar-refractivity contribution in [2.45, 2.75) is 12.8 Å². The highest BCUT2D eigenvalue weighted by Gasteiger charge is 2.20.